The molecule has 0 aliphatic rings. The Hall–Kier alpha value is -2.37. The molecule has 3 aromatic rings. The Morgan fingerprint density at radius 1 is 1.23 bits per heavy atom. The third-order valence-electron chi connectivity index (χ3n) is 3.15. The van der Waals surface area contributed by atoms with Gasteiger partial charge in [-0.2, -0.15) is 0 Å². The Labute approximate surface area is 132 Å². The van der Waals surface area contributed by atoms with Gasteiger partial charge in [0.15, 0.2) is 0 Å². The molecule has 0 radical (unpaired) electrons. The molecule has 5 nitrogen and oxygen atoms in total. The Morgan fingerprint density at radius 2 is 2.00 bits per heavy atom. The zero-order chi connectivity index (χ0) is 15.5. The van der Waals surface area contributed by atoms with Crippen LogP contribution in [0.5, 0.6) is 0 Å². The van der Waals surface area contributed by atoms with Crippen LogP contribution in [0, 0.1) is 0 Å². The fraction of sp³-hybridized carbons (Fsp3) is 0.125. The Kier molecular flexibility index (Phi) is 4.09. The highest BCUT2D eigenvalue weighted by molar-refractivity contribution is 6.30. The van der Waals surface area contributed by atoms with Crippen molar-refractivity contribution in [3.05, 3.63) is 53.8 Å². The van der Waals surface area contributed by atoms with E-state index in [0.29, 0.717) is 5.02 Å². The van der Waals surface area contributed by atoms with Crippen molar-refractivity contribution in [3.63, 3.8) is 0 Å². The van der Waals surface area contributed by atoms with E-state index in [9.17, 15) is 4.79 Å². The molecule has 0 bridgehead atoms. The molecule has 22 heavy (non-hydrogen) atoms. The number of halogens is 1. The number of methoxy groups -OCH3 is 1. The van der Waals surface area contributed by atoms with Crippen LogP contribution in [-0.2, 0) is 9.53 Å². The van der Waals surface area contributed by atoms with Crippen LogP contribution < -0.4 is 5.32 Å². The van der Waals surface area contributed by atoms with E-state index in [-0.39, 0.29) is 12.5 Å². The lowest BCUT2D eigenvalue weighted by molar-refractivity contribution is -0.119. The fourth-order valence-electron chi connectivity index (χ4n) is 2.16. The maximum Gasteiger partial charge on any atom is 0.250 e. The molecule has 1 N–H and O–H groups in total. The number of nitrogens with one attached hydrogen (secondary N) is 1. The summed E-state index contributed by atoms with van der Waals surface area (Å²) in [6.45, 7) is 0.0367. The summed E-state index contributed by atoms with van der Waals surface area (Å²) in [6, 6.07) is 11.2. The summed E-state index contributed by atoms with van der Waals surface area (Å²) in [4.78, 5) is 16.0. The first-order valence-electron chi connectivity index (χ1n) is 6.69. The molecule has 0 atom stereocenters. The minimum Gasteiger partial charge on any atom is -0.375 e. The molecular weight excluding hydrogens is 302 g/mol. The normalized spacial score (nSPS) is 10.8. The third kappa shape index (κ3) is 3.10. The highest BCUT2D eigenvalue weighted by Gasteiger charge is 2.06. The molecule has 3 rings (SSSR count). The number of ether oxygens (including phenoxy) is 1. The summed E-state index contributed by atoms with van der Waals surface area (Å²) in [7, 11) is 1.48. The minimum atomic E-state index is -0.183. The maximum atomic E-state index is 11.5. The second-order valence-electron chi connectivity index (χ2n) is 4.80. The predicted molar refractivity (Wildman–Crippen MR) is 86.1 cm³/mol. The smallest absolute Gasteiger partial charge is 0.250 e. The zero-order valence-corrected chi connectivity index (χ0v) is 12.7. The van der Waals surface area contributed by atoms with Crippen molar-refractivity contribution < 1.29 is 9.53 Å². The lowest BCUT2D eigenvalue weighted by Gasteiger charge is -2.04. The van der Waals surface area contributed by atoms with Crippen LogP contribution in [0.15, 0.2) is 48.8 Å². The van der Waals surface area contributed by atoms with Crippen molar-refractivity contribution >= 4 is 28.8 Å². The number of aromatic nitrogens is 2. The van der Waals surface area contributed by atoms with E-state index in [1.165, 1.54) is 7.11 Å². The number of pyridine rings is 1. The van der Waals surface area contributed by atoms with Gasteiger partial charge >= 0.3 is 0 Å². The summed E-state index contributed by atoms with van der Waals surface area (Å²) in [5.74, 6) is -0.183. The molecule has 0 aliphatic heterocycles. The topological polar surface area (TPSA) is 55.6 Å². The number of benzene rings is 1. The first kappa shape index (κ1) is 14.6. The molecule has 0 fully saturated rings. The van der Waals surface area contributed by atoms with Crippen LogP contribution in [0.1, 0.15) is 0 Å². The monoisotopic (exact) mass is 315 g/mol. The largest absolute Gasteiger partial charge is 0.375 e. The van der Waals surface area contributed by atoms with Crippen LogP contribution in [0.2, 0.25) is 5.02 Å². The summed E-state index contributed by atoms with van der Waals surface area (Å²) in [6.07, 6.45) is 3.73. The molecule has 0 spiro atoms. The van der Waals surface area contributed by atoms with E-state index in [0.717, 1.165) is 22.6 Å². The van der Waals surface area contributed by atoms with Crippen molar-refractivity contribution in [2.45, 2.75) is 0 Å². The summed E-state index contributed by atoms with van der Waals surface area (Å²) >= 11 is 5.97. The molecule has 0 saturated heterocycles. The van der Waals surface area contributed by atoms with Crippen molar-refractivity contribution in [1.29, 1.82) is 0 Å². The van der Waals surface area contributed by atoms with Crippen molar-refractivity contribution in [2.75, 3.05) is 19.0 Å². The molecule has 1 aromatic carbocycles. The second-order valence-corrected chi connectivity index (χ2v) is 5.23. The summed E-state index contributed by atoms with van der Waals surface area (Å²) < 4.78 is 6.66. The first-order chi connectivity index (χ1) is 10.7. The highest BCUT2D eigenvalue weighted by Crippen LogP contribution is 2.22. The number of rotatable bonds is 4. The van der Waals surface area contributed by atoms with E-state index in [1.807, 2.05) is 53.2 Å². The number of anilines is 1. The molecule has 6 heteroatoms. The van der Waals surface area contributed by atoms with Crippen LogP contribution in [-0.4, -0.2) is 29.0 Å². The van der Waals surface area contributed by atoms with Gasteiger partial charge < -0.3 is 14.5 Å². The third-order valence-corrected chi connectivity index (χ3v) is 3.38. The molecule has 0 aliphatic carbocycles. The van der Waals surface area contributed by atoms with Gasteiger partial charge in [-0.05, 0) is 24.3 Å². The van der Waals surface area contributed by atoms with Crippen molar-refractivity contribution in [2.24, 2.45) is 0 Å². The number of carbonyl (C=O) groups is 1. The lowest BCUT2D eigenvalue weighted by Crippen LogP contribution is -2.16. The number of imidazole rings is 1. The van der Waals surface area contributed by atoms with Gasteiger partial charge in [-0.3, -0.25) is 4.79 Å². The molecule has 2 heterocycles. The van der Waals surface area contributed by atoms with Gasteiger partial charge in [-0.15, -0.1) is 0 Å². The Balaban J connectivity index is 1.83. The molecule has 1 amide bonds. The summed E-state index contributed by atoms with van der Waals surface area (Å²) in [5, 5.41) is 3.41. The summed E-state index contributed by atoms with van der Waals surface area (Å²) in [5.41, 5.74) is 3.36. The number of carbonyl (C=O) groups excluding carboxylic acids is 1. The van der Waals surface area contributed by atoms with E-state index in [2.05, 4.69) is 10.3 Å². The van der Waals surface area contributed by atoms with Crippen molar-refractivity contribution in [3.8, 4) is 11.3 Å². The minimum absolute atomic E-state index is 0.0367. The Morgan fingerprint density at radius 3 is 2.73 bits per heavy atom. The average molecular weight is 316 g/mol. The van der Waals surface area contributed by atoms with Gasteiger partial charge in [0.25, 0.3) is 0 Å². The highest BCUT2D eigenvalue weighted by atomic mass is 35.5. The van der Waals surface area contributed by atoms with Crippen LogP contribution in [0.3, 0.4) is 0 Å². The van der Waals surface area contributed by atoms with Crippen LogP contribution in [0.4, 0.5) is 5.69 Å². The fourth-order valence-corrected chi connectivity index (χ4v) is 2.32. The lowest BCUT2D eigenvalue weighted by atomic mass is 10.1. The predicted octanol–water partition coefficient (Wildman–Crippen LogP) is 3.24. The average Bonchev–Trinajstić information content (AvgIpc) is 2.91. The Bertz CT molecular complexity index is 812. The first-order valence-corrected chi connectivity index (χ1v) is 7.07. The van der Waals surface area contributed by atoms with E-state index < -0.39 is 0 Å². The number of nitrogens with zero attached hydrogens (tertiary/aromatic N) is 2. The SMILES string of the molecule is COCC(=O)Nc1ccc(-c2cn3cc(Cl)ccc3n2)cc1. The van der Waals surface area contributed by atoms with Gasteiger partial charge in [-0.1, -0.05) is 23.7 Å². The van der Waals surface area contributed by atoms with E-state index in [4.69, 9.17) is 16.3 Å². The second kappa shape index (κ2) is 6.17. The standard InChI is InChI=1S/C16H14ClN3O2/c1-22-10-16(21)18-13-5-2-11(3-6-13)14-9-20-8-12(17)4-7-15(20)19-14/h2-9H,10H2,1H3,(H,18,21). The van der Waals surface area contributed by atoms with E-state index >= 15 is 0 Å². The maximum absolute atomic E-state index is 11.5. The van der Waals surface area contributed by atoms with Gasteiger partial charge in [0, 0.05) is 30.8 Å². The molecular formula is C16H14ClN3O2. The van der Waals surface area contributed by atoms with Gasteiger partial charge in [0.1, 0.15) is 12.3 Å². The number of amides is 1. The molecule has 2 aromatic heterocycles. The van der Waals surface area contributed by atoms with Gasteiger partial charge in [-0.25, -0.2) is 4.98 Å². The van der Waals surface area contributed by atoms with Gasteiger partial charge in [0.05, 0.1) is 10.7 Å². The number of hydrogen-bond acceptors (Lipinski definition) is 3. The van der Waals surface area contributed by atoms with Gasteiger partial charge in [0.2, 0.25) is 5.91 Å². The van der Waals surface area contributed by atoms with Crippen LogP contribution in [0.25, 0.3) is 16.9 Å². The van der Waals surface area contributed by atoms with Crippen molar-refractivity contribution in [1.82, 2.24) is 9.38 Å². The molecule has 0 saturated carbocycles. The molecule has 112 valence electrons. The number of fused-ring (bicyclic) bond motifs is 1. The quantitative estimate of drug-likeness (QED) is 0.804. The number of hydrogen-bond donors (Lipinski definition) is 1. The van der Waals surface area contributed by atoms with Crippen LogP contribution >= 0.6 is 11.6 Å². The zero-order valence-electron chi connectivity index (χ0n) is 11.9. The molecule has 0 unspecified atom stereocenters. The van der Waals surface area contributed by atoms with E-state index in [1.54, 1.807) is 0 Å².